The average molecular weight is 311 g/mol. The second-order valence-corrected chi connectivity index (χ2v) is 5.76. The Kier molecular flexibility index (Phi) is 5.17. The highest BCUT2D eigenvalue weighted by atomic mass is 35.5. The number of halogens is 1. The molecule has 1 amide bonds. The van der Waals surface area contributed by atoms with Crippen molar-refractivity contribution in [1.29, 1.82) is 0 Å². The van der Waals surface area contributed by atoms with Crippen LogP contribution in [0.25, 0.3) is 0 Å². The fourth-order valence-electron chi connectivity index (χ4n) is 2.91. The normalized spacial score (nSPS) is 15.1. The molecule has 1 aliphatic rings. The number of aryl methyl sites for hydroxylation is 1. The summed E-state index contributed by atoms with van der Waals surface area (Å²) in [5, 5.41) is 10.8. The molecule has 0 atom stereocenters. The van der Waals surface area contributed by atoms with Gasteiger partial charge >= 0.3 is 0 Å². The van der Waals surface area contributed by atoms with Crippen molar-refractivity contribution in [2.75, 3.05) is 12.4 Å². The second kappa shape index (κ2) is 6.89. The van der Waals surface area contributed by atoms with E-state index in [2.05, 4.69) is 0 Å². The van der Waals surface area contributed by atoms with E-state index in [1.165, 1.54) is 12.1 Å². The minimum absolute atomic E-state index is 0.00816. The summed E-state index contributed by atoms with van der Waals surface area (Å²) in [6.07, 6.45) is 4.29. The van der Waals surface area contributed by atoms with Gasteiger partial charge in [0.1, 0.15) is 0 Å². The van der Waals surface area contributed by atoms with Crippen LogP contribution < -0.4 is 0 Å². The highest BCUT2D eigenvalue weighted by molar-refractivity contribution is 6.18. The summed E-state index contributed by atoms with van der Waals surface area (Å²) in [7, 11) is 0. The molecule has 1 fully saturated rings. The van der Waals surface area contributed by atoms with E-state index in [0.29, 0.717) is 23.6 Å². The van der Waals surface area contributed by atoms with Gasteiger partial charge in [-0.3, -0.25) is 14.9 Å². The largest absolute Gasteiger partial charge is 0.334 e. The highest BCUT2D eigenvalue weighted by Gasteiger charge is 2.28. The molecule has 1 saturated carbocycles. The monoisotopic (exact) mass is 310 g/mol. The maximum atomic E-state index is 12.7. The predicted octanol–water partition coefficient (Wildman–Crippen LogP) is 3.53. The Bertz CT molecular complexity index is 542. The van der Waals surface area contributed by atoms with E-state index in [4.69, 9.17) is 11.6 Å². The zero-order valence-electron chi connectivity index (χ0n) is 12.0. The first-order valence-corrected chi connectivity index (χ1v) is 7.70. The zero-order chi connectivity index (χ0) is 15.4. The number of benzene rings is 1. The van der Waals surface area contributed by atoms with Gasteiger partial charge < -0.3 is 4.90 Å². The quantitative estimate of drug-likeness (QED) is 0.475. The van der Waals surface area contributed by atoms with Gasteiger partial charge in [-0.2, -0.15) is 0 Å². The molecule has 2 rings (SSSR count). The van der Waals surface area contributed by atoms with E-state index in [1.807, 2.05) is 4.90 Å². The fourth-order valence-corrected chi connectivity index (χ4v) is 3.10. The maximum absolute atomic E-state index is 12.7. The van der Waals surface area contributed by atoms with Crippen LogP contribution in [0.5, 0.6) is 0 Å². The lowest BCUT2D eigenvalue weighted by Crippen LogP contribution is -2.40. The molecule has 0 N–H and O–H groups in total. The van der Waals surface area contributed by atoms with E-state index >= 15 is 0 Å². The molecule has 21 heavy (non-hydrogen) atoms. The van der Waals surface area contributed by atoms with Crippen molar-refractivity contribution >= 4 is 23.2 Å². The van der Waals surface area contributed by atoms with Gasteiger partial charge in [-0.15, -0.1) is 11.6 Å². The van der Waals surface area contributed by atoms with Gasteiger partial charge in [-0.1, -0.05) is 12.8 Å². The van der Waals surface area contributed by atoms with Crippen molar-refractivity contribution in [3.63, 3.8) is 0 Å². The predicted molar refractivity (Wildman–Crippen MR) is 81.8 cm³/mol. The number of hydrogen-bond donors (Lipinski definition) is 0. The number of carbonyl (C=O) groups is 1. The number of carbonyl (C=O) groups excluding carboxylic acids is 1. The van der Waals surface area contributed by atoms with E-state index in [9.17, 15) is 14.9 Å². The van der Waals surface area contributed by atoms with Crippen LogP contribution in [0.1, 0.15) is 41.6 Å². The van der Waals surface area contributed by atoms with Gasteiger partial charge in [-0.25, -0.2) is 0 Å². The third kappa shape index (κ3) is 3.53. The topological polar surface area (TPSA) is 63.5 Å². The van der Waals surface area contributed by atoms with Crippen LogP contribution in [0, 0.1) is 17.0 Å². The average Bonchev–Trinajstić information content (AvgIpc) is 2.97. The number of hydrogen-bond acceptors (Lipinski definition) is 3. The van der Waals surface area contributed by atoms with E-state index in [0.717, 1.165) is 25.7 Å². The van der Waals surface area contributed by atoms with E-state index in [1.54, 1.807) is 13.0 Å². The molecule has 114 valence electrons. The molecule has 0 aliphatic heterocycles. The number of nitro groups is 1. The third-order valence-corrected chi connectivity index (χ3v) is 4.17. The molecule has 0 heterocycles. The van der Waals surface area contributed by atoms with Crippen molar-refractivity contribution in [1.82, 2.24) is 4.90 Å². The first-order valence-electron chi connectivity index (χ1n) is 7.16. The number of nitro benzene ring substituents is 1. The van der Waals surface area contributed by atoms with Crippen molar-refractivity contribution < 1.29 is 9.72 Å². The van der Waals surface area contributed by atoms with Gasteiger partial charge in [0.05, 0.1) is 4.92 Å². The minimum Gasteiger partial charge on any atom is -0.334 e. The molecular formula is C15H19ClN2O3. The first-order chi connectivity index (χ1) is 10.0. The molecule has 0 spiro atoms. The molecule has 0 unspecified atom stereocenters. The molecule has 1 aromatic carbocycles. The van der Waals surface area contributed by atoms with E-state index in [-0.39, 0.29) is 17.6 Å². The van der Waals surface area contributed by atoms with Crippen molar-refractivity contribution in [3.05, 3.63) is 39.4 Å². The van der Waals surface area contributed by atoms with E-state index < -0.39 is 4.92 Å². The number of non-ortho nitro benzene ring substituents is 1. The smallest absolute Gasteiger partial charge is 0.269 e. The van der Waals surface area contributed by atoms with Crippen LogP contribution in [0.2, 0.25) is 0 Å². The van der Waals surface area contributed by atoms with Gasteiger partial charge in [0.15, 0.2) is 0 Å². The Labute approximate surface area is 129 Å². The number of amides is 1. The zero-order valence-corrected chi connectivity index (χ0v) is 12.8. The summed E-state index contributed by atoms with van der Waals surface area (Å²) in [5.41, 5.74) is 1.16. The Hall–Kier alpha value is -1.62. The lowest BCUT2D eigenvalue weighted by atomic mass is 10.1. The van der Waals surface area contributed by atoms with Crippen molar-refractivity contribution in [2.45, 2.75) is 38.6 Å². The Balaban J connectivity index is 2.25. The Morgan fingerprint density at radius 2 is 2.10 bits per heavy atom. The number of nitrogens with zero attached hydrogens (tertiary/aromatic N) is 2. The van der Waals surface area contributed by atoms with Crippen LogP contribution in [-0.2, 0) is 0 Å². The lowest BCUT2D eigenvalue weighted by Gasteiger charge is -2.29. The number of alkyl halides is 1. The SMILES string of the molecule is Cc1cc([N+](=O)[O-])ccc1C(=O)N(CCCl)C1CCCC1. The van der Waals surface area contributed by atoms with Crippen molar-refractivity contribution in [2.24, 2.45) is 0 Å². The Morgan fingerprint density at radius 3 is 2.62 bits per heavy atom. The molecule has 0 saturated heterocycles. The molecule has 0 bridgehead atoms. The summed E-state index contributed by atoms with van der Waals surface area (Å²) in [6.45, 7) is 2.25. The third-order valence-electron chi connectivity index (χ3n) is 4.00. The molecule has 6 heteroatoms. The minimum atomic E-state index is -0.450. The molecular weight excluding hydrogens is 292 g/mol. The lowest BCUT2D eigenvalue weighted by molar-refractivity contribution is -0.384. The summed E-state index contributed by atoms with van der Waals surface area (Å²) in [4.78, 5) is 24.9. The summed E-state index contributed by atoms with van der Waals surface area (Å²) in [5.74, 6) is 0.323. The Morgan fingerprint density at radius 1 is 1.43 bits per heavy atom. The summed E-state index contributed by atoms with van der Waals surface area (Å²) < 4.78 is 0. The molecule has 1 aliphatic carbocycles. The molecule has 5 nitrogen and oxygen atoms in total. The van der Waals surface area contributed by atoms with Crippen molar-refractivity contribution in [3.8, 4) is 0 Å². The fraction of sp³-hybridized carbons (Fsp3) is 0.533. The van der Waals surface area contributed by atoms with Crippen LogP contribution >= 0.6 is 11.6 Å². The summed E-state index contributed by atoms with van der Waals surface area (Å²) in [6, 6.07) is 4.62. The van der Waals surface area contributed by atoms with Gasteiger partial charge in [0, 0.05) is 36.2 Å². The summed E-state index contributed by atoms with van der Waals surface area (Å²) >= 11 is 5.83. The van der Waals surface area contributed by atoms with Crippen LogP contribution in [0.15, 0.2) is 18.2 Å². The molecule has 0 radical (unpaired) electrons. The second-order valence-electron chi connectivity index (χ2n) is 5.38. The van der Waals surface area contributed by atoms with Gasteiger partial charge in [-0.05, 0) is 31.4 Å². The first kappa shape index (κ1) is 15.8. The standard InChI is InChI=1S/C15H19ClN2O3/c1-11-10-13(18(20)21)6-7-14(11)15(19)17(9-8-16)12-4-2-3-5-12/h6-7,10,12H,2-5,8-9H2,1H3. The van der Waals surface area contributed by atoms with Crippen LogP contribution in [0.3, 0.4) is 0 Å². The maximum Gasteiger partial charge on any atom is 0.269 e. The van der Waals surface area contributed by atoms with Gasteiger partial charge in [0.2, 0.25) is 0 Å². The number of rotatable bonds is 5. The van der Waals surface area contributed by atoms with Crippen LogP contribution in [0.4, 0.5) is 5.69 Å². The highest BCUT2D eigenvalue weighted by Crippen LogP contribution is 2.26. The van der Waals surface area contributed by atoms with Crippen LogP contribution in [-0.4, -0.2) is 34.2 Å². The van der Waals surface area contributed by atoms with Gasteiger partial charge in [0.25, 0.3) is 11.6 Å². The molecule has 0 aromatic heterocycles. The molecule has 1 aromatic rings.